The van der Waals surface area contributed by atoms with Crippen molar-refractivity contribution in [1.82, 2.24) is 9.97 Å². The van der Waals surface area contributed by atoms with Crippen molar-refractivity contribution in [3.8, 4) is 0 Å². The Morgan fingerprint density at radius 1 is 1.33 bits per heavy atom. The SMILES string of the molecule is CC(Nc1nc2ccc(C(=O)O)cc2o1)c1ccccn1. The zero-order valence-corrected chi connectivity index (χ0v) is 11.3. The number of oxazole rings is 1. The second kappa shape index (κ2) is 5.24. The number of nitrogens with zero attached hydrogens (tertiary/aromatic N) is 2. The highest BCUT2D eigenvalue weighted by molar-refractivity contribution is 5.92. The number of fused-ring (bicyclic) bond motifs is 1. The maximum Gasteiger partial charge on any atom is 0.335 e. The van der Waals surface area contributed by atoms with Crippen LogP contribution >= 0.6 is 0 Å². The summed E-state index contributed by atoms with van der Waals surface area (Å²) in [5, 5.41) is 12.1. The Kier molecular flexibility index (Phi) is 3.27. The molecule has 0 radical (unpaired) electrons. The van der Waals surface area contributed by atoms with Crippen molar-refractivity contribution in [2.45, 2.75) is 13.0 Å². The maximum atomic E-state index is 10.9. The van der Waals surface area contributed by atoms with Crippen LogP contribution in [-0.4, -0.2) is 21.0 Å². The molecule has 106 valence electrons. The first-order valence-electron chi connectivity index (χ1n) is 6.45. The smallest absolute Gasteiger partial charge is 0.335 e. The van der Waals surface area contributed by atoms with E-state index in [0.29, 0.717) is 17.1 Å². The predicted octanol–water partition coefficient (Wildman–Crippen LogP) is 3.09. The van der Waals surface area contributed by atoms with E-state index in [-0.39, 0.29) is 11.6 Å². The molecular formula is C15H13N3O3. The molecule has 3 aromatic rings. The summed E-state index contributed by atoms with van der Waals surface area (Å²) in [7, 11) is 0. The van der Waals surface area contributed by atoms with E-state index in [2.05, 4.69) is 15.3 Å². The van der Waals surface area contributed by atoms with Gasteiger partial charge in [-0.3, -0.25) is 4.98 Å². The fourth-order valence-electron chi connectivity index (χ4n) is 2.01. The Hall–Kier alpha value is -2.89. The van der Waals surface area contributed by atoms with Crippen LogP contribution in [0.5, 0.6) is 0 Å². The highest BCUT2D eigenvalue weighted by atomic mass is 16.4. The molecule has 0 amide bonds. The number of anilines is 1. The van der Waals surface area contributed by atoms with Crippen molar-refractivity contribution in [2.75, 3.05) is 5.32 Å². The Morgan fingerprint density at radius 3 is 2.90 bits per heavy atom. The van der Waals surface area contributed by atoms with Crippen molar-refractivity contribution >= 4 is 23.1 Å². The third kappa shape index (κ3) is 2.69. The summed E-state index contributed by atoms with van der Waals surface area (Å²) in [5.41, 5.74) is 2.08. The first kappa shape index (κ1) is 13.1. The number of hydrogen-bond donors (Lipinski definition) is 2. The van der Waals surface area contributed by atoms with E-state index in [9.17, 15) is 4.79 Å². The Balaban J connectivity index is 1.86. The molecule has 2 heterocycles. The standard InChI is InChI=1S/C15H13N3O3/c1-9(11-4-2-3-7-16-11)17-15-18-12-6-5-10(14(19)20)8-13(12)21-15/h2-9H,1H3,(H,17,18)(H,19,20). The third-order valence-corrected chi connectivity index (χ3v) is 3.11. The fourth-order valence-corrected chi connectivity index (χ4v) is 2.01. The minimum Gasteiger partial charge on any atom is -0.478 e. The number of nitrogens with one attached hydrogen (secondary N) is 1. The summed E-state index contributed by atoms with van der Waals surface area (Å²) in [6.07, 6.45) is 1.72. The van der Waals surface area contributed by atoms with Crippen LogP contribution in [0.25, 0.3) is 11.1 Å². The van der Waals surface area contributed by atoms with Crippen molar-refractivity contribution < 1.29 is 14.3 Å². The lowest BCUT2D eigenvalue weighted by molar-refractivity contribution is 0.0697. The Morgan fingerprint density at radius 2 is 2.19 bits per heavy atom. The van der Waals surface area contributed by atoms with E-state index in [4.69, 9.17) is 9.52 Å². The number of carboxylic acids is 1. The van der Waals surface area contributed by atoms with Gasteiger partial charge in [0.1, 0.15) is 5.52 Å². The molecule has 0 aliphatic heterocycles. The summed E-state index contributed by atoms with van der Waals surface area (Å²) in [5.74, 6) is -0.996. The molecule has 0 saturated carbocycles. The van der Waals surface area contributed by atoms with Gasteiger partial charge in [0.25, 0.3) is 6.01 Å². The van der Waals surface area contributed by atoms with Crippen molar-refractivity contribution in [1.29, 1.82) is 0 Å². The van der Waals surface area contributed by atoms with Crippen LogP contribution in [0.1, 0.15) is 29.0 Å². The van der Waals surface area contributed by atoms with Gasteiger partial charge in [-0.05, 0) is 37.3 Å². The predicted molar refractivity (Wildman–Crippen MR) is 77.2 cm³/mol. The van der Waals surface area contributed by atoms with E-state index in [1.54, 1.807) is 12.3 Å². The number of carbonyl (C=O) groups is 1. The largest absolute Gasteiger partial charge is 0.478 e. The van der Waals surface area contributed by atoms with E-state index in [0.717, 1.165) is 5.69 Å². The number of hydrogen-bond acceptors (Lipinski definition) is 5. The molecule has 0 saturated heterocycles. The molecule has 0 spiro atoms. The molecule has 0 bridgehead atoms. The first-order chi connectivity index (χ1) is 10.1. The summed E-state index contributed by atoms with van der Waals surface area (Å²) < 4.78 is 5.54. The quantitative estimate of drug-likeness (QED) is 0.765. The number of rotatable bonds is 4. The molecule has 2 aromatic heterocycles. The van der Waals surface area contributed by atoms with Gasteiger partial charge in [-0.25, -0.2) is 4.79 Å². The zero-order valence-electron chi connectivity index (χ0n) is 11.3. The number of aromatic nitrogens is 2. The molecule has 3 rings (SSSR count). The van der Waals surface area contributed by atoms with Gasteiger partial charge in [0, 0.05) is 6.20 Å². The van der Waals surface area contributed by atoms with Crippen molar-refractivity contribution in [3.63, 3.8) is 0 Å². The molecule has 0 fully saturated rings. The van der Waals surface area contributed by atoms with Crippen LogP contribution in [0.15, 0.2) is 47.0 Å². The minimum atomic E-state index is -0.996. The first-order valence-corrected chi connectivity index (χ1v) is 6.45. The van der Waals surface area contributed by atoms with Crippen LogP contribution in [-0.2, 0) is 0 Å². The normalized spacial score (nSPS) is 12.2. The fraction of sp³-hybridized carbons (Fsp3) is 0.133. The molecule has 6 nitrogen and oxygen atoms in total. The van der Waals surface area contributed by atoms with Gasteiger partial charge in [0.15, 0.2) is 5.58 Å². The summed E-state index contributed by atoms with van der Waals surface area (Å²) >= 11 is 0. The van der Waals surface area contributed by atoms with Gasteiger partial charge in [0.05, 0.1) is 17.3 Å². The summed E-state index contributed by atoms with van der Waals surface area (Å²) in [6.45, 7) is 1.94. The summed E-state index contributed by atoms with van der Waals surface area (Å²) in [6, 6.07) is 10.5. The third-order valence-electron chi connectivity index (χ3n) is 3.11. The number of benzene rings is 1. The van der Waals surface area contributed by atoms with Crippen molar-refractivity contribution in [3.05, 3.63) is 53.9 Å². The van der Waals surface area contributed by atoms with E-state index < -0.39 is 5.97 Å². The number of pyridine rings is 1. The van der Waals surface area contributed by atoms with Crippen LogP contribution < -0.4 is 5.32 Å². The maximum absolute atomic E-state index is 10.9. The summed E-state index contributed by atoms with van der Waals surface area (Å²) in [4.78, 5) is 19.5. The van der Waals surface area contributed by atoms with Crippen molar-refractivity contribution in [2.24, 2.45) is 0 Å². The number of aromatic carboxylic acids is 1. The van der Waals surface area contributed by atoms with Gasteiger partial charge in [-0.15, -0.1) is 0 Å². The Labute approximate surface area is 120 Å². The molecule has 6 heteroatoms. The average molecular weight is 283 g/mol. The lowest BCUT2D eigenvalue weighted by atomic mass is 10.2. The second-order valence-electron chi connectivity index (χ2n) is 4.63. The molecule has 0 aliphatic rings. The Bertz CT molecular complexity index is 783. The van der Waals surface area contributed by atoms with Gasteiger partial charge in [0.2, 0.25) is 0 Å². The highest BCUT2D eigenvalue weighted by Crippen LogP contribution is 2.23. The molecule has 1 aromatic carbocycles. The lowest BCUT2D eigenvalue weighted by Gasteiger charge is -2.10. The number of carboxylic acid groups (broad SMARTS) is 1. The minimum absolute atomic E-state index is 0.0711. The monoisotopic (exact) mass is 283 g/mol. The van der Waals surface area contributed by atoms with Crippen LogP contribution in [0.4, 0.5) is 6.01 Å². The molecule has 2 N–H and O–H groups in total. The van der Waals surface area contributed by atoms with Crippen LogP contribution in [0.2, 0.25) is 0 Å². The molecule has 21 heavy (non-hydrogen) atoms. The topological polar surface area (TPSA) is 88.2 Å². The van der Waals surface area contributed by atoms with Gasteiger partial charge in [-0.2, -0.15) is 4.98 Å². The second-order valence-corrected chi connectivity index (χ2v) is 4.63. The van der Waals surface area contributed by atoms with E-state index in [1.807, 2.05) is 25.1 Å². The van der Waals surface area contributed by atoms with Gasteiger partial charge >= 0.3 is 5.97 Å². The average Bonchev–Trinajstić information content (AvgIpc) is 2.89. The highest BCUT2D eigenvalue weighted by Gasteiger charge is 2.12. The lowest BCUT2D eigenvalue weighted by Crippen LogP contribution is -2.08. The van der Waals surface area contributed by atoms with Gasteiger partial charge in [-0.1, -0.05) is 6.07 Å². The van der Waals surface area contributed by atoms with Crippen LogP contribution in [0.3, 0.4) is 0 Å². The van der Waals surface area contributed by atoms with E-state index >= 15 is 0 Å². The molecule has 1 unspecified atom stereocenters. The molecule has 1 atom stereocenters. The van der Waals surface area contributed by atoms with Gasteiger partial charge < -0.3 is 14.8 Å². The molecule has 0 aliphatic carbocycles. The van der Waals surface area contributed by atoms with Crippen LogP contribution in [0, 0.1) is 0 Å². The zero-order chi connectivity index (χ0) is 14.8. The molecular weight excluding hydrogens is 270 g/mol. The van der Waals surface area contributed by atoms with E-state index in [1.165, 1.54) is 12.1 Å².